The van der Waals surface area contributed by atoms with E-state index in [1.807, 2.05) is 0 Å². The first-order valence-electron chi connectivity index (χ1n) is 4.23. The molecule has 0 aromatic rings. The molecular formula is C8H19AcN3O3S. The van der Waals surface area contributed by atoms with E-state index in [0.29, 0.717) is 18.1 Å². The third kappa shape index (κ3) is 11.1. The van der Waals surface area contributed by atoms with Crippen molar-refractivity contribution in [3.8, 4) is 0 Å². The molecule has 6 nitrogen and oxygen atoms in total. The van der Waals surface area contributed by atoms with Gasteiger partial charge in [0.1, 0.15) is 5.54 Å². The van der Waals surface area contributed by atoms with Crippen LogP contribution >= 0.6 is 11.8 Å². The minimum absolute atomic E-state index is 0. The second kappa shape index (κ2) is 10.8. The van der Waals surface area contributed by atoms with E-state index < -0.39 is 11.5 Å². The van der Waals surface area contributed by atoms with Gasteiger partial charge in [-0.25, -0.2) is 0 Å². The molecule has 8 heteroatoms. The first kappa shape index (κ1) is 21.9. The normalized spacial score (nSPS) is 14.3. The molecule has 0 bridgehead atoms. The van der Waals surface area contributed by atoms with Crippen LogP contribution in [-0.2, 0) is 4.79 Å². The van der Waals surface area contributed by atoms with Crippen LogP contribution in [-0.4, -0.2) is 46.0 Å². The van der Waals surface area contributed by atoms with Crippen LogP contribution in [0.3, 0.4) is 0 Å². The number of carboxylic acids is 1. The van der Waals surface area contributed by atoms with Crippen LogP contribution in [0.5, 0.6) is 0 Å². The van der Waals surface area contributed by atoms with Crippen LogP contribution in [0.2, 0.25) is 0 Å². The molecule has 0 aromatic carbocycles. The van der Waals surface area contributed by atoms with Gasteiger partial charge in [-0.15, -0.1) is 0 Å². The van der Waals surface area contributed by atoms with Gasteiger partial charge in [0, 0.05) is 62.1 Å². The number of aliphatic carboxylic acids is 1. The standard InChI is InChI=1S/C8H17N3O2S.Ac.H2O/c1-6(9)11-3-4-14-5-8(2,10)7(12)13;;/h3-5,10H2,1-2H3,(H2,9,11)(H,12,13);;1H2. The van der Waals surface area contributed by atoms with Crippen LogP contribution < -0.4 is 11.5 Å². The number of amidine groups is 1. The summed E-state index contributed by atoms with van der Waals surface area (Å²) < 4.78 is 0. The van der Waals surface area contributed by atoms with Crippen molar-refractivity contribution in [2.45, 2.75) is 19.4 Å². The molecule has 7 N–H and O–H groups in total. The first-order chi connectivity index (χ1) is 6.36. The Hall–Kier alpha value is 0.652. The zero-order chi connectivity index (χ0) is 11.2. The summed E-state index contributed by atoms with van der Waals surface area (Å²) in [6, 6.07) is 0. The molecule has 0 fully saturated rings. The molecule has 93 valence electrons. The Morgan fingerprint density at radius 3 is 2.44 bits per heavy atom. The molecule has 0 heterocycles. The molecule has 0 aliphatic rings. The molecule has 0 amide bonds. The van der Waals surface area contributed by atoms with Crippen molar-refractivity contribution in [2.75, 3.05) is 18.1 Å². The summed E-state index contributed by atoms with van der Waals surface area (Å²) >= 11 is 1.46. The second-order valence-corrected chi connectivity index (χ2v) is 4.40. The average molecular weight is 464 g/mol. The minimum Gasteiger partial charge on any atom is -0.480 e. The monoisotopic (exact) mass is 464 g/mol. The minimum atomic E-state index is -1.16. The number of rotatable bonds is 6. The van der Waals surface area contributed by atoms with Crippen molar-refractivity contribution in [3.63, 3.8) is 0 Å². The number of aliphatic imine (C=N–C) groups is 1. The molecule has 0 aliphatic heterocycles. The van der Waals surface area contributed by atoms with E-state index in [4.69, 9.17) is 16.6 Å². The largest absolute Gasteiger partial charge is 0.480 e. The number of carbonyl (C=O) groups is 1. The van der Waals surface area contributed by atoms with Gasteiger partial charge in [-0.05, 0) is 13.8 Å². The molecule has 0 rings (SSSR count). The van der Waals surface area contributed by atoms with Gasteiger partial charge in [-0.3, -0.25) is 9.79 Å². The SMILES string of the molecule is CC(N)=NCCSCC(C)(N)C(=O)O.O.[Ac]. The van der Waals surface area contributed by atoms with Gasteiger partial charge in [-0.2, -0.15) is 11.8 Å². The average Bonchev–Trinajstić information content (AvgIpc) is 2.02. The molecule has 16 heavy (non-hydrogen) atoms. The van der Waals surface area contributed by atoms with Crippen LogP contribution in [0.4, 0.5) is 0 Å². The summed E-state index contributed by atoms with van der Waals surface area (Å²) in [4.78, 5) is 14.6. The molecule has 0 aromatic heterocycles. The Labute approximate surface area is 135 Å². The summed E-state index contributed by atoms with van der Waals surface area (Å²) in [6.07, 6.45) is 0. The van der Waals surface area contributed by atoms with Crippen molar-refractivity contribution in [1.29, 1.82) is 0 Å². The zero-order valence-corrected chi connectivity index (χ0v) is 15.1. The summed E-state index contributed by atoms with van der Waals surface area (Å²) in [5.74, 6) is 0.665. The maximum absolute atomic E-state index is 10.6. The van der Waals surface area contributed by atoms with E-state index in [-0.39, 0.29) is 49.5 Å². The molecular weight excluding hydrogens is 445 g/mol. The summed E-state index contributed by atoms with van der Waals surface area (Å²) in [6.45, 7) is 3.82. The van der Waals surface area contributed by atoms with Crippen molar-refractivity contribution in [1.82, 2.24) is 0 Å². The van der Waals surface area contributed by atoms with Crippen molar-refractivity contribution in [2.24, 2.45) is 16.5 Å². The zero-order valence-electron chi connectivity index (χ0n) is 9.56. The predicted molar refractivity (Wildman–Crippen MR) is 63.3 cm³/mol. The summed E-state index contributed by atoms with van der Waals surface area (Å²) in [7, 11) is 0. The predicted octanol–water partition coefficient (Wildman–Crippen LogP) is -0.926. The fraction of sp³-hybridized carbons (Fsp3) is 0.750. The van der Waals surface area contributed by atoms with Crippen molar-refractivity contribution < 1.29 is 59.4 Å². The number of hydrogen-bond donors (Lipinski definition) is 3. The number of nitrogens with two attached hydrogens (primary N) is 2. The Bertz CT molecular complexity index is 233. The van der Waals surface area contributed by atoms with E-state index in [0.717, 1.165) is 5.75 Å². The smallest absolute Gasteiger partial charge is 0.324 e. The third-order valence-corrected chi connectivity index (χ3v) is 2.76. The fourth-order valence-corrected chi connectivity index (χ4v) is 1.54. The quantitative estimate of drug-likeness (QED) is 0.266. The van der Waals surface area contributed by atoms with Crippen LogP contribution in [0, 0.1) is 44.1 Å². The molecule has 1 unspecified atom stereocenters. The van der Waals surface area contributed by atoms with E-state index in [1.54, 1.807) is 6.92 Å². The Kier molecular flexibility index (Phi) is 14.8. The maximum Gasteiger partial charge on any atom is 0.324 e. The van der Waals surface area contributed by atoms with Crippen LogP contribution in [0.15, 0.2) is 4.99 Å². The molecule has 1 radical (unpaired) electrons. The molecule has 1 atom stereocenters. The number of thioether (sulfide) groups is 1. The molecule has 0 spiro atoms. The summed E-state index contributed by atoms with van der Waals surface area (Å²) in [5.41, 5.74) is 9.69. The number of nitrogens with zero attached hydrogens (tertiary/aromatic N) is 1. The maximum atomic E-state index is 10.6. The van der Waals surface area contributed by atoms with E-state index >= 15 is 0 Å². The number of carboxylic acid groups (broad SMARTS) is 1. The van der Waals surface area contributed by atoms with E-state index in [1.165, 1.54) is 18.7 Å². The van der Waals surface area contributed by atoms with Crippen LogP contribution in [0.25, 0.3) is 0 Å². The summed E-state index contributed by atoms with van der Waals surface area (Å²) in [5, 5.41) is 8.70. The van der Waals surface area contributed by atoms with Gasteiger partial charge in [0.25, 0.3) is 0 Å². The van der Waals surface area contributed by atoms with Crippen molar-refractivity contribution in [3.05, 3.63) is 0 Å². The van der Waals surface area contributed by atoms with Gasteiger partial charge >= 0.3 is 5.97 Å². The van der Waals surface area contributed by atoms with E-state index in [2.05, 4.69) is 4.99 Å². The Balaban J connectivity index is -0.000000845. The fourth-order valence-electron chi connectivity index (χ4n) is 0.632. The molecule has 0 aliphatic carbocycles. The topological polar surface area (TPSA) is 133 Å². The van der Waals surface area contributed by atoms with Gasteiger partial charge in [0.15, 0.2) is 0 Å². The van der Waals surface area contributed by atoms with Gasteiger partial charge in [0.2, 0.25) is 0 Å². The van der Waals surface area contributed by atoms with Crippen molar-refractivity contribution >= 4 is 23.6 Å². The van der Waals surface area contributed by atoms with Gasteiger partial charge < -0.3 is 22.1 Å². The number of hydrogen-bond acceptors (Lipinski definition) is 4. The van der Waals surface area contributed by atoms with Gasteiger partial charge in [0.05, 0.1) is 5.84 Å². The Morgan fingerprint density at radius 2 is 2.06 bits per heavy atom. The first-order valence-corrected chi connectivity index (χ1v) is 5.38. The molecule has 0 saturated carbocycles. The van der Waals surface area contributed by atoms with Crippen LogP contribution in [0.1, 0.15) is 13.8 Å². The van der Waals surface area contributed by atoms with E-state index in [9.17, 15) is 4.79 Å². The van der Waals surface area contributed by atoms with Gasteiger partial charge in [-0.1, -0.05) is 0 Å². The second-order valence-electron chi connectivity index (χ2n) is 3.30. The third-order valence-electron chi connectivity index (χ3n) is 1.49. The Morgan fingerprint density at radius 1 is 1.56 bits per heavy atom. The molecule has 0 saturated heterocycles.